The van der Waals surface area contributed by atoms with Crippen LogP contribution in [-0.4, -0.2) is 69.9 Å². The van der Waals surface area contributed by atoms with Gasteiger partial charge in [-0.15, -0.1) is 13.2 Å². The average molecular weight is 450 g/mol. The third-order valence-electron chi connectivity index (χ3n) is 4.42. The topological polar surface area (TPSA) is 183 Å². The molecule has 0 unspecified atom stereocenters. The van der Waals surface area contributed by atoms with Gasteiger partial charge in [0, 0.05) is 18.5 Å². The molecule has 0 aliphatic heterocycles. The van der Waals surface area contributed by atoms with Crippen LogP contribution < -0.4 is 26.4 Å². The van der Waals surface area contributed by atoms with Crippen LogP contribution in [0.25, 0.3) is 0 Å². The number of urea groups is 1. The van der Waals surface area contributed by atoms with Gasteiger partial charge in [0.2, 0.25) is 5.91 Å². The Morgan fingerprint density at radius 1 is 1.16 bits per heavy atom. The monoisotopic (exact) mass is 450 g/mol. The third kappa shape index (κ3) is 6.97. The number of anilines is 1. The highest BCUT2D eigenvalue weighted by Crippen LogP contribution is 2.30. The zero-order valence-corrected chi connectivity index (χ0v) is 15.8. The Labute approximate surface area is 173 Å². The number of alkyl halides is 3. The second-order valence-corrected chi connectivity index (χ2v) is 6.92. The van der Waals surface area contributed by atoms with Crippen molar-refractivity contribution in [3.8, 4) is 5.75 Å². The molecular weight excluding hydrogens is 429 g/mol. The van der Waals surface area contributed by atoms with Crippen LogP contribution in [0.3, 0.4) is 0 Å². The summed E-state index contributed by atoms with van der Waals surface area (Å²) in [6.45, 7) is -0.563. The maximum absolute atomic E-state index is 12.2. The Kier molecular flexibility index (Phi) is 7.30. The van der Waals surface area contributed by atoms with Gasteiger partial charge in [-0.3, -0.25) is 9.59 Å². The van der Waals surface area contributed by atoms with E-state index in [-0.39, 0.29) is 5.69 Å². The van der Waals surface area contributed by atoms with Crippen LogP contribution in [0.4, 0.5) is 23.7 Å². The summed E-state index contributed by atoms with van der Waals surface area (Å²) in [5, 5.41) is 37.2. The molecule has 1 aromatic carbocycles. The van der Waals surface area contributed by atoms with E-state index in [1.165, 1.54) is 0 Å². The van der Waals surface area contributed by atoms with Crippen LogP contribution in [0.1, 0.15) is 12.8 Å². The number of nitrogens with one attached hydrogen (secondary N) is 3. The first-order valence-electron chi connectivity index (χ1n) is 8.87. The molecule has 4 atom stereocenters. The van der Waals surface area contributed by atoms with Gasteiger partial charge >= 0.3 is 12.4 Å². The number of nitrogens with two attached hydrogens (primary N) is 1. The van der Waals surface area contributed by atoms with E-state index in [2.05, 4.69) is 20.7 Å². The van der Waals surface area contributed by atoms with Gasteiger partial charge in [-0.25, -0.2) is 4.79 Å². The molecule has 0 radical (unpaired) electrons. The molecule has 31 heavy (non-hydrogen) atoms. The van der Waals surface area contributed by atoms with Crippen molar-refractivity contribution in [2.75, 3.05) is 11.9 Å². The highest BCUT2D eigenvalue weighted by Gasteiger charge is 2.49. The molecule has 14 heteroatoms. The fourth-order valence-electron chi connectivity index (χ4n) is 3.03. The summed E-state index contributed by atoms with van der Waals surface area (Å²) in [4.78, 5) is 35.1. The lowest BCUT2D eigenvalue weighted by Gasteiger charge is -2.41. The highest BCUT2D eigenvalue weighted by atomic mass is 19.4. The van der Waals surface area contributed by atoms with Gasteiger partial charge in [0.05, 0.1) is 18.7 Å². The maximum Gasteiger partial charge on any atom is 0.573 e. The molecule has 2 rings (SSSR count). The number of primary amides is 1. The maximum atomic E-state index is 12.2. The summed E-state index contributed by atoms with van der Waals surface area (Å²) in [7, 11) is 0. The summed E-state index contributed by atoms with van der Waals surface area (Å²) in [6, 6.07) is 1.97. The second-order valence-electron chi connectivity index (χ2n) is 6.92. The molecule has 8 N–H and O–H groups in total. The van der Waals surface area contributed by atoms with E-state index >= 15 is 0 Å². The molecule has 4 amide bonds. The van der Waals surface area contributed by atoms with E-state index in [1.54, 1.807) is 0 Å². The Bertz CT molecular complexity index is 821. The first-order chi connectivity index (χ1) is 14.3. The van der Waals surface area contributed by atoms with Crippen LogP contribution in [0, 0.1) is 0 Å². The molecule has 1 aliphatic rings. The molecule has 1 aromatic rings. The highest BCUT2D eigenvalue weighted by molar-refractivity contribution is 5.91. The zero-order chi connectivity index (χ0) is 23.4. The van der Waals surface area contributed by atoms with Crippen molar-refractivity contribution in [1.29, 1.82) is 0 Å². The zero-order valence-electron chi connectivity index (χ0n) is 15.8. The molecule has 0 spiro atoms. The van der Waals surface area contributed by atoms with Gasteiger partial charge in [0.15, 0.2) is 0 Å². The Hall–Kier alpha value is -3.10. The fourth-order valence-corrected chi connectivity index (χ4v) is 3.03. The number of hydrogen-bond donors (Lipinski definition) is 7. The molecule has 172 valence electrons. The fraction of sp³-hybridized carbons (Fsp3) is 0.471. The SMILES string of the molecule is NC(=O)CNC(=O)[C@@]1(O)C[C@@H](O)[C@H](O)[C@H](NC(=O)Nc2ccc(OC(F)(F)F)cc2)C1. The van der Waals surface area contributed by atoms with Crippen molar-refractivity contribution in [3.05, 3.63) is 24.3 Å². The van der Waals surface area contributed by atoms with Crippen LogP contribution in [0.5, 0.6) is 5.75 Å². The van der Waals surface area contributed by atoms with Gasteiger partial charge in [0.25, 0.3) is 5.91 Å². The predicted octanol–water partition coefficient (Wildman–Crippen LogP) is -1.08. The molecule has 0 bridgehead atoms. The Balaban J connectivity index is 2.00. The summed E-state index contributed by atoms with van der Waals surface area (Å²) < 4.78 is 40.2. The van der Waals surface area contributed by atoms with Crippen LogP contribution in [-0.2, 0) is 9.59 Å². The van der Waals surface area contributed by atoms with E-state index in [9.17, 15) is 42.9 Å². The van der Waals surface area contributed by atoms with E-state index in [0.717, 1.165) is 24.3 Å². The number of ether oxygens (including phenoxy) is 1. The van der Waals surface area contributed by atoms with Gasteiger partial charge in [-0.2, -0.15) is 0 Å². The lowest BCUT2D eigenvalue weighted by atomic mass is 9.77. The van der Waals surface area contributed by atoms with Gasteiger partial charge in [0.1, 0.15) is 17.5 Å². The number of carbonyl (C=O) groups excluding carboxylic acids is 3. The predicted molar refractivity (Wildman–Crippen MR) is 97.5 cm³/mol. The largest absolute Gasteiger partial charge is 0.573 e. The number of hydrogen-bond acceptors (Lipinski definition) is 7. The third-order valence-corrected chi connectivity index (χ3v) is 4.42. The van der Waals surface area contributed by atoms with E-state index < -0.39 is 73.2 Å². The molecule has 1 saturated carbocycles. The second kappa shape index (κ2) is 9.36. The first-order valence-corrected chi connectivity index (χ1v) is 8.87. The lowest BCUT2D eigenvalue weighted by molar-refractivity contribution is -0.274. The number of amides is 4. The minimum absolute atomic E-state index is 0.0762. The molecule has 11 nitrogen and oxygen atoms in total. The van der Waals surface area contributed by atoms with Gasteiger partial charge in [-0.05, 0) is 24.3 Å². The van der Waals surface area contributed by atoms with Crippen LogP contribution in [0.2, 0.25) is 0 Å². The Morgan fingerprint density at radius 3 is 2.32 bits per heavy atom. The summed E-state index contributed by atoms with van der Waals surface area (Å²) in [6.07, 6.45) is -9.04. The summed E-state index contributed by atoms with van der Waals surface area (Å²) in [5.41, 5.74) is 2.79. The van der Waals surface area contributed by atoms with Crippen LogP contribution in [0.15, 0.2) is 24.3 Å². The van der Waals surface area contributed by atoms with E-state index in [4.69, 9.17) is 5.73 Å². The normalized spacial score (nSPS) is 25.9. The van der Waals surface area contributed by atoms with Crippen molar-refractivity contribution in [3.63, 3.8) is 0 Å². The summed E-state index contributed by atoms with van der Waals surface area (Å²) >= 11 is 0. The molecule has 0 saturated heterocycles. The van der Waals surface area contributed by atoms with Crippen molar-refractivity contribution < 1.29 is 47.6 Å². The molecule has 0 aromatic heterocycles. The molecule has 0 heterocycles. The number of halogens is 3. The van der Waals surface area contributed by atoms with Crippen LogP contribution >= 0.6 is 0 Å². The summed E-state index contributed by atoms with van der Waals surface area (Å²) in [5.74, 6) is -2.39. The standard InChI is InChI=1S/C17H21F3N4O7/c18-17(19,20)31-9-3-1-8(2-4-9)23-15(29)24-10-5-16(30,6-11(25)13(10)27)14(28)22-7-12(21)26/h1-4,10-11,13,25,27,30H,5-7H2,(H2,21,26)(H,22,28)(H2,23,24,29)/t10-,11-,13-,16+/m1/s1. The number of aliphatic hydroxyl groups is 3. The van der Waals surface area contributed by atoms with E-state index in [0.29, 0.717) is 0 Å². The van der Waals surface area contributed by atoms with Gasteiger partial charge < -0.3 is 41.7 Å². The molecule has 1 aliphatic carbocycles. The van der Waals surface area contributed by atoms with Crippen molar-refractivity contribution >= 4 is 23.5 Å². The van der Waals surface area contributed by atoms with Crippen molar-refractivity contribution in [1.82, 2.24) is 10.6 Å². The van der Waals surface area contributed by atoms with Crippen molar-refractivity contribution in [2.24, 2.45) is 5.73 Å². The minimum Gasteiger partial charge on any atom is -0.406 e. The van der Waals surface area contributed by atoms with Crippen molar-refractivity contribution in [2.45, 2.75) is 43.1 Å². The number of benzene rings is 1. The Morgan fingerprint density at radius 2 is 1.77 bits per heavy atom. The lowest BCUT2D eigenvalue weighted by Crippen LogP contribution is -2.63. The minimum atomic E-state index is -4.87. The average Bonchev–Trinajstić information content (AvgIpc) is 2.64. The molecule has 1 fully saturated rings. The quantitative estimate of drug-likeness (QED) is 0.288. The van der Waals surface area contributed by atoms with E-state index in [1.807, 2.05) is 0 Å². The number of carbonyl (C=O) groups is 3. The number of aliphatic hydroxyl groups excluding tert-OH is 2. The smallest absolute Gasteiger partial charge is 0.406 e. The first kappa shape index (κ1) is 24.2. The molecular formula is C17H21F3N4O7. The number of rotatable bonds is 6. The van der Waals surface area contributed by atoms with Gasteiger partial charge in [-0.1, -0.05) is 0 Å².